The van der Waals surface area contributed by atoms with Crippen LogP contribution in [0, 0.1) is 6.92 Å². The Labute approximate surface area is 157 Å². The van der Waals surface area contributed by atoms with Gasteiger partial charge in [-0.05, 0) is 24.6 Å². The quantitative estimate of drug-likeness (QED) is 0.792. The van der Waals surface area contributed by atoms with Crippen LogP contribution in [0.25, 0.3) is 0 Å². The molecule has 0 N–H and O–H groups in total. The van der Waals surface area contributed by atoms with Gasteiger partial charge in [-0.1, -0.05) is 17.7 Å². The van der Waals surface area contributed by atoms with Crippen LogP contribution in [0.3, 0.4) is 0 Å². The van der Waals surface area contributed by atoms with Crippen molar-refractivity contribution < 1.29 is 13.2 Å². The smallest absolute Gasteiger partial charge is 0.244 e. The van der Waals surface area contributed by atoms with Crippen molar-refractivity contribution in [1.29, 1.82) is 0 Å². The second-order valence-electron chi connectivity index (χ2n) is 6.38. The van der Waals surface area contributed by atoms with E-state index in [1.165, 1.54) is 4.31 Å². The summed E-state index contributed by atoms with van der Waals surface area (Å²) >= 11 is 6.10. The number of nitrogens with zero attached hydrogens (tertiary/aromatic N) is 4. The van der Waals surface area contributed by atoms with Crippen molar-refractivity contribution in [3.63, 3.8) is 0 Å². The van der Waals surface area contributed by atoms with Gasteiger partial charge in [0.15, 0.2) is 0 Å². The van der Waals surface area contributed by atoms with Gasteiger partial charge in [0, 0.05) is 36.4 Å². The zero-order valence-corrected chi connectivity index (χ0v) is 15.9. The van der Waals surface area contributed by atoms with Gasteiger partial charge < -0.3 is 9.64 Å². The maximum atomic E-state index is 13.1. The van der Waals surface area contributed by atoms with Crippen molar-refractivity contribution in [1.82, 2.24) is 14.3 Å². The topological polar surface area (TPSA) is 75.6 Å². The number of rotatable bonds is 3. The minimum absolute atomic E-state index is 0.235. The molecule has 7 nitrogen and oxygen atoms in total. The van der Waals surface area contributed by atoms with Crippen LogP contribution in [0.4, 0.5) is 5.95 Å². The molecule has 138 valence electrons. The molecule has 1 aromatic carbocycles. The van der Waals surface area contributed by atoms with Gasteiger partial charge in [-0.25, -0.2) is 18.4 Å². The minimum Gasteiger partial charge on any atom is -0.378 e. The fourth-order valence-electron chi connectivity index (χ4n) is 3.21. The molecule has 3 heterocycles. The second kappa shape index (κ2) is 6.77. The summed E-state index contributed by atoms with van der Waals surface area (Å²) in [5.74, 6) is 0.630. The van der Waals surface area contributed by atoms with Gasteiger partial charge in [-0.2, -0.15) is 4.31 Å². The highest BCUT2D eigenvalue weighted by Gasteiger charge is 2.33. The first-order valence-corrected chi connectivity index (χ1v) is 10.2. The predicted octanol–water partition coefficient (Wildman–Crippen LogP) is 1.98. The number of fused-ring (bicyclic) bond motifs is 1. The monoisotopic (exact) mass is 394 g/mol. The molecule has 2 aromatic rings. The first-order valence-electron chi connectivity index (χ1n) is 8.39. The maximum Gasteiger partial charge on any atom is 0.244 e. The van der Waals surface area contributed by atoms with Gasteiger partial charge in [0.2, 0.25) is 16.0 Å². The molecule has 0 spiro atoms. The molecule has 26 heavy (non-hydrogen) atoms. The lowest BCUT2D eigenvalue weighted by Gasteiger charge is -2.26. The van der Waals surface area contributed by atoms with Crippen LogP contribution in [0.2, 0.25) is 5.02 Å². The molecule has 1 fully saturated rings. The molecule has 0 unspecified atom stereocenters. The van der Waals surface area contributed by atoms with Gasteiger partial charge in [-0.15, -0.1) is 0 Å². The van der Waals surface area contributed by atoms with E-state index in [2.05, 4.69) is 14.9 Å². The number of anilines is 1. The number of halogens is 1. The summed E-state index contributed by atoms with van der Waals surface area (Å²) in [4.78, 5) is 11.3. The molecule has 0 bridgehead atoms. The molecule has 0 radical (unpaired) electrons. The molecular weight excluding hydrogens is 376 g/mol. The Morgan fingerprint density at radius 3 is 2.73 bits per heavy atom. The number of benzene rings is 1. The van der Waals surface area contributed by atoms with E-state index in [1.54, 1.807) is 31.3 Å². The van der Waals surface area contributed by atoms with Gasteiger partial charge in [-0.3, -0.25) is 0 Å². The molecule has 9 heteroatoms. The van der Waals surface area contributed by atoms with Crippen LogP contribution in [-0.2, 0) is 27.8 Å². The standard InChI is InChI=1S/C17H19ClN4O3S/c1-12-14(18)3-2-4-16(12)26(23,24)22-10-13-9-19-17(20-15(13)11-22)21-5-7-25-8-6-21/h2-4,9H,5-8,10-11H2,1H3. The first-order chi connectivity index (χ1) is 12.5. The van der Waals surface area contributed by atoms with Crippen LogP contribution in [0.1, 0.15) is 16.8 Å². The summed E-state index contributed by atoms with van der Waals surface area (Å²) in [7, 11) is -3.65. The van der Waals surface area contributed by atoms with Crippen LogP contribution in [0.15, 0.2) is 29.3 Å². The summed E-state index contributed by atoms with van der Waals surface area (Å²) in [6.07, 6.45) is 1.73. The Hall–Kier alpha value is -1.74. The van der Waals surface area contributed by atoms with Crippen LogP contribution in [-0.4, -0.2) is 49.0 Å². The fourth-order valence-corrected chi connectivity index (χ4v) is 5.06. The Bertz CT molecular complexity index is 945. The van der Waals surface area contributed by atoms with E-state index in [0.29, 0.717) is 29.7 Å². The number of hydrogen-bond donors (Lipinski definition) is 0. The molecule has 0 saturated carbocycles. The molecule has 2 aliphatic heterocycles. The fraction of sp³-hybridized carbons (Fsp3) is 0.412. The lowest BCUT2D eigenvalue weighted by atomic mass is 10.2. The molecule has 2 aliphatic rings. The maximum absolute atomic E-state index is 13.1. The highest BCUT2D eigenvalue weighted by molar-refractivity contribution is 7.89. The van der Waals surface area contributed by atoms with E-state index in [4.69, 9.17) is 16.3 Å². The Morgan fingerprint density at radius 2 is 1.96 bits per heavy atom. The van der Waals surface area contributed by atoms with Crippen molar-refractivity contribution in [3.8, 4) is 0 Å². The van der Waals surface area contributed by atoms with Crippen molar-refractivity contribution >= 4 is 27.6 Å². The molecular formula is C17H19ClN4O3S. The van der Waals surface area contributed by atoms with Crippen molar-refractivity contribution in [2.75, 3.05) is 31.2 Å². The van der Waals surface area contributed by atoms with E-state index in [0.717, 1.165) is 24.3 Å². The van der Waals surface area contributed by atoms with E-state index >= 15 is 0 Å². The number of aromatic nitrogens is 2. The molecule has 1 saturated heterocycles. The Morgan fingerprint density at radius 1 is 1.19 bits per heavy atom. The largest absolute Gasteiger partial charge is 0.378 e. The molecule has 0 amide bonds. The van der Waals surface area contributed by atoms with Gasteiger partial charge >= 0.3 is 0 Å². The van der Waals surface area contributed by atoms with Crippen LogP contribution < -0.4 is 4.90 Å². The van der Waals surface area contributed by atoms with Crippen molar-refractivity contribution in [2.24, 2.45) is 0 Å². The van der Waals surface area contributed by atoms with E-state index in [1.807, 2.05) is 0 Å². The van der Waals surface area contributed by atoms with Gasteiger partial charge in [0.05, 0.1) is 30.3 Å². The van der Waals surface area contributed by atoms with Crippen molar-refractivity contribution in [2.45, 2.75) is 24.9 Å². The summed E-state index contributed by atoms with van der Waals surface area (Å²) < 4.78 is 32.9. The predicted molar refractivity (Wildman–Crippen MR) is 97.7 cm³/mol. The van der Waals surface area contributed by atoms with Crippen molar-refractivity contribution in [3.05, 3.63) is 46.2 Å². The van der Waals surface area contributed by atoms with Gasteiger partial charge in [0.1, 0.15) is 0 Å². The SMILES string of the molecule is Cc1c(Cl)cccc1S(=O)(=O)N1Cc2cnc(N3CCOCC3)nc2C1. The molecule has 0 aliphatic carbocycles. The van der Waals surface area contributed by atoms with Crippen LogP contribution in [0.5, 0.6) is 0 Å². The average molecular weight is 395 g/mol. The molecule has 0 atom stereocenters. The normalized spacial score (nSPS) is 18.2. The zero-order chi connectivity index (χ0) is 18.3. The summed E-state index contributed by atoms with van der Waals surface area (Å²) in [5.41, 5.74) is 2.15. The third-order valence-electron chi connectivity index (χ3n) is 4.74. The van der Waals surface area contributed by atoms with E-state index in [-0.39, 0.29) is 18.0 Å². The second-order valence-corrected chi connectivity index (χ2v) is 8.69. The minimum atomic E-state index is -3.65. The number of sulfonamides is 1. The zero-order valence-electron chi connectivity index (χ0n) is 14.4. The number of hydrogen-bond acceptors (Lipinski definition) is 6. The lowest BCUT2D eigenvalue weighted by molar-refractivity contribution is 0.122. The highest BCUT2D eigenvalue weighted by atomic mass is 35.5. The summed E-state index contributed by atoms with van der Waals surface area (Å²) in [6.45, 7) is 5.00. The number of morpholine rings is 1. The highest BCUT2D eigenvalue weighted by Crippen LogP contribution is 2.31. The molecule has 4 rings (SSSR count). The third kappa shape index (κ3) is 3.07. The first kappa shape index (κ1) is 17.7. The van der Waals surface area contributed by atoms with Crippen LogP contribution >= 0.6 is 11.6 Å². The molecule has 1 aromatic heterocycles. The van der Waals surface area contributed by atoms with E-state index < -0.39 is 10.0 Å². The average Bonchev–Trinajstić information content (AvgIpc) is 3.09. The lowest BCUT2D eigenvalue weighted by Crippen LogP contribution is -2.37. The Kier molecular flexibility index (Phi) is 4.60. The summed E-state index contributed by atoms with van der Waals surface area (Å²) in [6, 6.07) is 4.93. The summed E-state index contributed by atoms with van der Waals surface area (Å²) in [5, 5.41) is 0.442. The Balaban J connectivity index is 1.61. The van der Waals surface area contributed by atoms with Gasteiger partial charge in [0.25, 0.3) is 0 Å². The third-order valence-corrected chi connectivity index (χ3v) is 7.09. The van der Waals surface area contributed by atoms with E-state index in [9.17, 15) is 8.42 Å². The number of ether oxygens (including phenoxy) is 1.